The lowest BCUT2D eigenvalue weighted by molar-refractivity contribution is -0.137. The number of carbonyl (C=O) groups excluding carboxylic acids is 1. The fourth-order valence-electron chi connectivity index (χ4n) is 4.25. The van der Waals surface area contributed by atoms with Crippen molar-refractivity contribution in [3.63, 3.8) is 0 Å². The van der Waals surface area contributed by atoms with Gasteiger partial charge in [-0.3, -0.25) is 9.78 Å². The van der Waals surface area contributed by atoms with Gasteiger partial charge >= 0.3 is 0 Å². The van der Waals surface area contributed by atoms with Gasteiger partial charge in [0.25, 0.3) is 0 Å². The second kappa shape index (κ2) is 7.87. The van der Waals surface area contributed by atoms with E-state index in [9.17, 15) is 17.6 Å². The Morgan fingerprint density at radius 2 is 1.76 bits per heavy atom. The summed E-state index contributed by atoms with van der Waals surface area (Å²) < 4.78 is 38.4. The van der Waals surface area contributed by atoms with Gasteiger partial charge in [-0.15, -0.1) is 0 Å². The SMILES string of the molecule is CS(=O)(=O)N1CCN(C(=O)C2CCN(c3ccnc4ccc(F)cc34)CC2)CC1. The number of amides is 1. The van der Waals surface area contributed by atoms with E-state index in [0.717, 1.165) is 42.5 Å². The van der Waals surface area contributed by atoms with Crippen molar-refractivity contribution >= 4 is 32.5 Å². The number of piperidine rings is 1. The molecule has 2 fully saturated rings. The molecule has 4 rings (SSSR count). The van der Waals surface area contributed by atoms with Crippen LogP contribution in [0.2, 0.25) is 0 Å². The summed E-state index contributed by atoms with van der Waals surface area (Å²) in [6.45, 7) is 3.04. The van der Waals surface area contributed by atoms with Gasteiger partial charge in [-0.25, -0.2) is 12.8 Å². The molecule has 0 aliphatic carbocycles. The number of fused-ring (bicyclic) bond motifs is 1. The van der Waals surface area contributed by atoms with E-state index >= 15 is 0 Å². The molecule has 2 saturated heterocycles. The molecule has 7 nitrogen and oxygen atoms in total. The van der Waals surface area contributed by atoms with E-state index in [0.29, 0.717) is 26.2 Å². The van der Waals surface area contributed by atoms with Gasteiger partial charge in [-0.2, -0.15) is 4.31 Å². The zero-order valence-electron chi connectivity index (χ0n) is 16.4. The maximum atomic E-state index is 13.7. The van der Waals surface area contributed by atoms with E-state index in [2.05, 4.69) is 9.88 Å². The summed E-state index contributed by atoms with van der Waals surface area (Å²) >= 11 is 0. The molecule has 2 aliphatic rings. The number of aromatic nitrogens is 1. The molecule has 0 spiro atoms. The fraction of sp³-hybridized carbons (Fsp3) is 0.500. The number of hydrogen-bond donors (Lipinski definition) is 0. The zero-order chi connectivity index (χ0) is 20.6. The minimum Gasteiger partial charge on any atom is -0.371 e. The van der Waals surface area contributed by atoms with Crippen LogP contribution in [0.4, 0.5) is 10.1 Å². The van der Waals surface area contributed by atoms with Crippen molar-refractivity contribution in [1.29, 1.82) is 0 Å². The Balaban J connectivity index is 1.39. The number of carbonyl (C=O) groups is 1. The number of piperazine rings is 1. The molecule has 2 aromatic rings. The van der Waals surface area contributed by atoms with Gasteiger partial charge in [0.15, 0.2) is 0 Å². The van der Waals surface area contributed by atoms with Crippen molar-refractivity contribution in [2.75, 3.05) is 50.4 Å². The van der Waals surface area contributed by atoms with Crippen molar-refractivity contribution < 1.29 is 17.6 Å². The predicted octanol–water partition coefficient (Wildman–Crippen LogP) is 1.69. The maximum Gasteiger partial charge on any atom is 0.225 e. The lowest BCUT2D eigenvalue weighted by atomic mass is 9.94. The van der Waals surface area contributed by atoms with Gasteiger partial charge < -0.3 is 9.80 Å². The third-order valence-electron chi connectivity index (χ3n) is 5.88. The van der Waals surface area contributed by atoms with E-state index in [1.807, 2.05) is 6.07 Å². The molecule has 29 heavy (non-hydrogen) atoms. The minimum absolute atomic E-state index is 0.0547. The number of nitrogens with zero attached hydrogens (tertiary/aromatic N) is 4. The Kier molecular flexibility index (Phi) is 5.44. The second-order valence-corrected chi connectivity index (χ2v) is 9.72. The van der Waals surface area contributed by atoms with Crippen LogP contribution in [0, 0.1) is 11.7 Å². The molecule has 2 aliphatic heterocycles. The first kappa shape index (κ1) is 20.0. The molecule has 156 valence electrons. The van der Waals surface area contributed by atoms with Crippen molar-refractivity contribution in [3.05, 3.63) is 36.3 Å². The number of hydrogen-bond acceptors (Lipinski definition) is 5. The fourth-order valence-corrected chi connectivity index (χ4v) is 5.07. The highest BCUT2D eigenvalue weighted by molar-refractivity contribution is 7.88. The van der Waals surface area contributed by atoms with Gasteiger partial charge in [0.1, 0.15) is 5.82 Å². The van der Waals surface area contributed by atoms with Gasteiger partial charge in [-0.1, -0.05) is 0 Å². The van der Waals surface area contributed by atoms with Crippen molar-refractivity contribution in [3.8, 4) is 0 Å². The van der Waals surface area contributed by atoms with Crippen molar-refractivity contribution in [2.45, 2.75) is 12.8 Å². The molecule has 3 heterocycles. The minimum atomic E-state index is -3.20. The standard InChI is InChI=1S/C20H25FN4O3S/c1-29(27,28)25-12-10-24(11-13-25)20(26)15-5-8-23(9-6-15)19-4-7-22-18-3-2-16(21)14-17(18)19/h2-4,7,14-15H,5-6,8-13H2,1H3. The van der Waals surface area contributed by atoms with Crippen LogP contribution in [-0.4, -0.2) is 74.0 Å². The highest BCUT2D eigenvalue weighted by atomic mass is 32.2. The molecule has 1 amide bonds. The normalized spacial score (nSPS) is 19.7. The Morgan fingerprint density at radius 1 is 1.07 bits per heavy atom. The second-order valence-electron chi connectivity index (χ2n) is 7.74. The summed E-state index contributed by atoms with van der Waals surface area (Å²) in [4.78, 5) is 21.2. The van der Waals surface area contributed by atoms with Crippen LogP contribution in [0.5, 0.6) is 0 Å². The van der Waals surface area contributed by atoms with Crippen LogP contribution in [0.15, 0.2) is 30.5 Å². The van der Waals surface area contributed by atoms with Gasteiger partial charge in [0.2, 0.25) is 15.9 Å². The number of halogens is 1. The lowest BCUT2D eigenvalue weighted by Gasteiger charge is -2.38. The van der Waals surface area contributed by atoms with Crippen LogP contribution in [0.25, 0.3) is 10.9 Å². The van der Waals surface area contributed by atoms with Crippen molar-refractivity contribution in [2.24, 2.45) is 5.92 Å². The van der Waals surface area contributed by atoms with Crippen LogP contribution >= 0.6 is 0 Å². The molecule has 1 aromatic carbocycles. The molecule has 0 atom stereocenters. The molecule has 0 N–H and O–H groups in total. The van der Waals surface area contributed by atoms with E-state index in [4.69, 9.17) is 0 Å². The molecule has 0 radical (unpaired) electrons. The van der Waals surface area contributed by atoms with Crippen molar-refractivity contribution in [1.82, 2.24) is 14.2 Å². The average Bonchev–Trinajstić information content (AvgIpc) is 2.72. The first-order valence-electron chi connectivity index (χ1n) is 9.86. The predicted molar refractivity (Wildman–Crippen MR) is 110 cm³/mol. The molecule has 1 aromatic heterocycles. The van der Waals surface area contributed by atoms with Crippen LogP contribution in [0.1, 0.15) is 12.8 Å². The van der Waals surface area contributed by atoms with E-state index in [1.165, 1.54) is 22.7 Å². The summed E-state index contributed by atoms with van der Waals surface area (Å²) in [5.41, 5.74) is 1.70. The van der Waals surface area contributed by atoms with Gasteiger partial charge in [0, 0.05) is 62.5 Å². The summed E-state index contributed by atoms with van der Waals surface area (Å²) in [5, 5.41) is 0.786. The third-order valence-corrected chi connectivity index (χ3v) is 7.19. The summed E-state index contributed by atoms with van der Waals surface area (Å²) in [7, 11) is -3.20. The molecule has 0 unspecified atom stereocenters. The number of anilines is 1. The maximum absolute atomic E-state index is 13.7. The first-order chi connectivity index (χ1) is 13.8. The Labute approximate surface area is 170 Å². The highest BCUT2D eigenvalue weighted by Gasteiger charge is 2.32. The zero-order valence-corrected chi connectivity index (χ0v) is 17.2. The molecule has 9 heteroatoms. The summed E-state index contributed by atoms with van der Waals surface area (Å²) in [6.07, 6.45) is 4.39. The summed E-state index contributed by atoms with van der Waals surface area (Å²) in [5.74, 6) is -0.227. The Morgan fingerprint density at radius 3 is 2.41 bits per heavy atom. The van der Waals surface area contributed by atoms with Gasteiger partial charge in [-0.05, 0) is 37.1 Å². The van der Waals surface area contributed by atoms with Gasteiger partial charge in [0.05, 0.1) is 11.8 Å². The quantitative estimate of drug-likeness (QED) is 0.756. The molecular weight excluding hydrogens is 395 g/mol. The lowest BCUT2D eigenvalue weighted by Crippen LogP contribution is -2.52. The highest BCUT2D eigenvalue weighted by Crippen LogP contribution is 2.30. The smallest absolute Gasteiger partial charge is 0.225 e. The molecule has 0 saturated carbocycles. The Hall–Kier alpha value is -2.26. The van der Waals surface area contributed by atoms with E-state index in [1.54, 1.807) is 17.2 Å². The van der Waals surface area contributed by atoms with E-state index < -0.39 is 10.0 Å². The number of sulfonamides is 1. The molecule has 0 bridgehead atoms. The molecular formula is C20H25FN4O3S. The van der Waals surface area contributed by atoms with Crippen LogP contribution in [0.3, 0.4) is 0 Å². The number of rotatable bonds is 3. The average molecular weight is 421 g/mol. The summed E-state index contributed by atoms with van der Waals surface area (Å²) in [6, 6.07) is 6.50. The third kappa shape index (κ3) is 4.20. The van der Waals surface area contributed by atoms with E-state index in [-0.39, 0.29) is 17.6 Å². The first-order valence-corrected chi connectivity index (χ1v) is 11.7. The number of benzene rings is 1. The largest absolute Gasteiger partial charge is 0.371 e. The van der Waals surface area contributed by atoms with Crippen LogP contribution < -0.4 is 4.90 Å². The Bertz CT molecular complexity index is 1010. The van der Waals surface area contributed by atoms with Crippen LogP contribution in [-0.2, 0) is 14.8 Å². The topological polar surface area (TPSA) is 73.8 Å². The monoisotopic (exact) mass is 420 g/mol. The number of pyridine rings is 1.